The van der Waals surface area contributed by atoms with Crippen molar-refractivity contribution in [2.75, 3.05) is 11.9 Å². The van der Waals surface area contributed by atoms with Gasteiger partial charge in [0.25, 0.3) is 0 Å². The van der Waals surface area contributed by atoms with Crippen LogP contribution >= 0.6 is 34.9 Å². The third-order valence-corrected chi connectivity index (χ3v) is 4.66. The molecular weight excluding hydrogens is 367 g/mol. The number of benzene rings is 2. The van der Waals surface area contributed by atoms with Gasteiger partial charge in [0.2, 0.25) is 5.91 Å². The van der Waals surface area contributed by atoms with Crippen LogP contribution in [-0.2, 0) is 4.79 Å². The molecule has 0 saturated heterocycles. The second-order valence-corrected chi connectivity index (χ2v) is 6.63. The van der Waals surface area contributed by atoms with E-state index >= 15 is 0 Å². The molecule has 0 bridgehead atoms. The first-order chi connectivity index (χ1) is 11.5. The van der Waals surface area contributed by atoms with Crippen LogP contribution < -0.4 is 10.6 Å². The van der Waals surface area contributed by atoms with Crippen molar-refractivity contribution >= 4 is 57.6 Å². The molecule has 1 atom stereocenters. The number of rotatable bonds is 5. The van der Waals surface area contributed by atoms with Crippen LogP contribution in [0.15, 0.2) is 36.4 Å². The summed E-state index contributed by atoms with van der Waals surface area (Å²) in [5, 5.41) is 7.15. The average Bonchev–Trinajstić information content (AvgIpc) is 3.02. The molecule has 0 aliphatic carbocycles. The molecule has 0 saturated carbocycles. The Hall–Kier alpha value is -1.73. The molecule has 8 heteroatoms. The van der Waals surface area contributed by atoms with Gasteiger partial charge < -0.3 is 10.6 Å². The summed E-state index contributed by atoms with van der Waals surface area (Å²) in [6.45, 7) is 2.08. The lowest BCUT2D eigenvalue weighted by molar-refractivity contribution is -0.115. The fourth-order valence-electron chi connectivity index (χ4n) is 2.31. The zero-order valence-corrected chi connectivity index (χ0v) is 15.0. The Kier molecular flexibility index (Phi) is 5.30. The van der Waals surface area contributed by atoms with E-state index in [2.05, 4.69) is 19.4 Å². The second-order valence-electron chi connectivity index (χ2n) is 5.25. The Labute approximate surface area is 153 Å². The van der Waals surface area contributed by atoms with E-state index in [9.17, 15) is 4.79 Å². The van der Waals surface area contributed by atoms with Gasteiger partial charge >= 0.3 is 0 Å². The lowest BCUT2D eigenvalue weighted by atomic mass is 10.1. The average molecular weight is 381 g/mol. The van der Waals surface area contributed by atoms with Gasteiger partial charge in [0.1, 0.15) is 11.0 Å². The second kappa shape index (κ2) is 7.44. The quantitative estimate of drug-likeness (QED) is 0.692. The summed E-state index contributed by atoms with van der Waals surface area (Å²) in [7, 11) is 0. The highest BCUT2D eigenvalue weighted by molar-refractivity contribution is 7.00. The Bertz CT molecular complexity index is 883. The number of hydrogen-bond donors (Lipinski definition) is 2. The molecule has 1 heterocycles. The van der Waals surface area contributed by atoms with Gasteiger partial charge in [0.15, 0.2) is 0 Å². The monoisotopic (exact) mass is 380 g/mol. The van der Waals surface area contributed by atoms with Crippen molar-refractivity contribution in [1.82, 2.24) is 14.1 Å². The molecule has 1 amide bonds. The molecule has 0 fully saturated rings. The van der Waals surface area contributed by atoms with E-state index in [1.54, 1.807) is 18.2 Å². The Morgan fingerprint density at radius 3 is 2.88 bits per heavy atom. The molecule has 0 unspecified atom stereocenters. The summed E-state index contributed by atoms with van der Waals surface area (Å²) in [4.78, 5) is 12.2. The Morgan fingerprint density at radius 1 is 1.25 bits per heavy atom. The minimum absolute atomic E-state index is 0.0859. The summed E-state index contributed by atoms with van der Waals surface area (Å²) in [5.74, 6) is -0.160. The van der Waals surface area contributed by atoms with Crippen molar-refractivity contribution in [2.24, 2.45) is 0 Å². The number of amides is 1. The summed E-state index contributed by atoms with van der Waals surface area (Å²) >= 11 is 13.2. The molecular formula is C16H14Cl2N4OS. The van der Waals surface area contributed by atoms with E-state index in [1.165, 1.54) is 0 Å². The highest BCUT2D eigenvalue weighted by Gasteiger charge is 2.13. The van der Waals surface area contributed by atoms with Crippen molar-refractivity contribution in [3.63, 3.8) is 0 Å². The van der Waals surface area contributed by atoms with Gasteiger partial charge in [-0.25, -0.2) is 0 Å². The first-order valence-electron chi connectivity index (χ1n) is 7.24. The minimum Gasteiger partial charge on any atom is -0.323 e. The number of carbonyl (C=O) groups is 1. The van der Waals surface area contributed by atoms with Gasteiger partial charge in [-0.1, -0.05) is 35.3 Å². The molecule has 2 N–H and O–H groups in total. The van der Waals surface area contributed by atoms with Crippen LogP contribution in [-0.4, -0.2) is 21.2 Å². The van der Waals surface area contributed by atoms with E-state index in [1.807, 2.05) is 25.1 Å². The highest BCUT2D eigenvalue weighted by atomic mass is 35.5. The van der Waals surface area contributed by atoms with Crippen molar-refractivity contribution in [2.45, 2.75) is 13.0 Å². The number of anilines is 1. The highest BCUT2D eigenvalue weighted by Crippen LogP contribution is 2.26. The number of carbonyl (C=O) groups excluding carboxylic acids is 1. The van der Waals surface area contributed by atoms with Crippen LogP contribution in [0, 0.1) is 0 Å². The van der Waals surface area contributed by atoms with Crippen LogP contribution in [0.2, 0.25) is 10.0 Å². The Morgan fingerprint density at radius 2 is 2.08 bits per heavy atom. The first-order valence-corrected chi connectivity index (χ1v) is 8.72. The van der Waals surface area contributed by atoms with E-state index in [0.717, 1.165) is 22.8 Å². The zero-order valence-electron chi connectivity index (χ0n) is 12.7. The first kappa shape index (κ1) is 17.1. The van der Waals surface area contributed by atoms with E-state index in [-0.39, 0.29) is 18.5 Å². The Balaban J connectivity index is 1.62. The molecule has 0 radical (unpaired) electrons. The van der Waals surface area contributed by atoms with Crippen LogP contribution in [0.3, 0.4) is 0 Å². The predicted octanol–water partition coefficient (Wildman–Crippen LogP) is 4.29. The zero-order chi connectivity index (χ0) is 17.1. The lowest BCUT2D eigenvalue weighted by Crippen LogP contribution is -2.30. The van der Waals surface area contributed by atoms with Gasteiger partial charge in [-0.2, -0.15) is 8.75 Å². The van der Waals surface area contributed by atoms with E-state index in [0.29, 0.717) is 21.2 Å². The number of aromatic nitrogens is 2. The molecule has 3 rings (SSSR count). The number of nitrogens with one attached hydrogen (secondary N) is 2. The number of nitrogens with zero attached hydrogens (tertiary/aromatic N) is 2. The van der Waals surface area contributed by atoms with Crippen LogP contribution in [0.5, 0.6) is 0 Å². The van der Waals surface area contributed by atoms with Gasteiger partial charge in [-0.3, -0.25) is 4.79 Å². The largest absolute Gasteiger partial charge is 0.323 e. The summed E-state index contributed by atoms with van der Waals surface area (Å²) in [6.07, 6.45) is 0. The third-order valence-electron chi connectivity index (χ3n) is 3.56. The molecule has 5 nitrogen and oxygen atoms in total. The van der Waals surface area contributed by atoms with Gasteiger partial charge in [-0.15, -0.1) is 0 Å². The molecule has 124 valence electrons. The summed E-state index contributed by atoms with van der Waals surface area (Å²) < 4.78 is 8.36. The predicted molar refractivity (Wildman–Crippen MR) is 98.9 cm³/mol. The fraction of sp³-hybridized carbons (Fsp3) is 0.188. The standard InChI is InChI=1S/C16H14Cl2N4OS/c1-9(11-6-5-10(17)7-12(11)18)19-8-15(23)20-13-3-2-4-14-16(13)22-24-21-14/h2-7,9,19H,8H2,1H3,(H,20,23)/t9-/m0/s1. The molecule has 0 aliphatic rings. The topological polar surface area (TPSA) is 66.9 Å². The summed E-state index contributed by atoms with van der Waals surface area (Å²) in [6, 6.07) is 10.7. The van der Waals surface area contributed by atoms with E-state index in [4.69, 9.17) is 23.2 Å². The maximum atomic E-state index is 12.2. The molecule has 3 aromatic rings. The smallest absolute Gasteiger partial charge is 0.238 e. The van der Waals surface area contributed by atoms with Crippen molar-refractivity contribution in [3.05, 3.63) is 52.0 Å². The van der Waals surface area contributed by atoms with Crippen LogP contribution in [0.1, 0.15) is 18.5 Å². The van der Waals surface area contributed by atoms with Crippen molar-refractivity contribution < 1.29 is 4.79 Å². The van der Waals surface area contributed by atoms with E-state index < -0.39 is 0 Å². The van der Waals surface area contributed by atoms with Crippen molar-refractivity contribution in [3.8, 4) is 0 Å². The lowest BCUT2D eigenvalue weighted by Gasteiger charge is -2.16. The maximum Gasteiger partial charge on any atom is 0.238 e. The maximum absolute atomic E-state index is 12.2. The van der Waals surface area contributed by atoms with Gasteiger partial charge in [0.05, 0.1) is 24.0 Å². The fourth-order valence-corrected chi connectivity index (χ4v) is 3.43. The van der Waals surface area contributed by atoms with Crippen molar-refractivity contribution in [1.29, 1.82) is 0 Å². The minimum atomic E-state index is -0.160. The van der Waals surface area contributed by atoms with Gasteiger partial charge in [0, 0.05) is 16.1 Å². The molecule has 24 heavy (non-hydrogen) atoms. The summed E-state index contributed by atoms with van der Waals surface area (Å²) in [5.41, 5.74) is 3.02. The SMILES string of the molecule is C[C@H](NCC(=O)Nc1cccc2nsnc12)c1ccc(Cl)cc1Cl. The number of halogens is 2. The molecule has 1 aromatic heterocycles. The number of fused-ring (bicyclic) bond motifs is 1. The normalized spacial score (nSPS) is 12.3. The van der Waals surface area contributed by atoms with Crippen LogP contribution in [0.4, 0.5) is 5.69 Å². The molecule has 0 spiro atoms. The molecule has 2 aromatic carbocycles. The van der Waals surface area contributed by atoms with Gasteiger partial charge in [-0.05, 0) is 36.8 Å². The van der Waals surface area contributed by atoms with Crippen LogP contribution in [0.25, 0.3) is 11.0 Å². The number of hydrogen-bond acceptors (Lipinski definition) is 5. The third kappa shape index (κ3) is 3.84. The molecule has 0 aliphatic heterocycles.